The predicted molar refractivity (Wildman–Crippen MR) is 162 cm³/mol. The van der Waals surface area contributed by atoms with Gasteiger partial charge in [-0.15, -0.1) is 0 Å². The highest BCUT2D eigenvalue weighted by atomic mass is 32.2. The number of hydrogen-bond donors (Lipinski definition) is 2. The van der Waals surface area contributed by atoms with Crippen LogP contribution in [0.1, 0.15) is 100 Å². The number of aliphatic hydroxyl groups is 2. The quantitative estimate of drug-likeness (QED) is 0.257. The first-order valence-electron chi connectivity index (χ1n) is 15.3. The smallest absolute Gasteiger partial charge is 0.194 e. The second kappa shape index (κ2) is 10.3. The third-order valence-electron chi connectivity index (χ3n) is 12.2. The summed E-state index contributed by atoms with van der Waals surface area (Å²) in [5, 5.41) is 23.8. The molecule has 4 aliphatic rings. The topological polar surface area (TPSA) is 66.8 Å². The van der Waals surface area contributed by atoms with Crippen LogP contribution in [0.5, 0.6) is 0 Å². The molecule has 218 valence electrons. The van der Waals surface area contributed by atoms with Crippen molar-refractivity contribution in [2.24, 2.45) is 40.4 Å². The van der Waals surface area contributed by atoms with E-state index in [9.17, 15) is 15.0 Å². The van der Waals surface area contributed by atoms with Crippen molar-refractivity contribution in [2.75, 3.05) is 5.75 Å². The minimum absolute atomic E-state index is 0.0297. The number of allylic oxidation sites excluding steroid dienone is 1. The number of carbonyl (C=O) groups is 1. The molecule has 38 heavy (non-hydrogen) atoms. The molecule has 0 unspecified atom stereocenters. The summed E-state index contributed by atoms with van der Waals surface area (Å²) >= 11 is 1.33. The molecule has 0 aromatic rings. The zero-order valence-corrected chi connectivity index (χ0v) is 27.7. The Hall–Kier alpha value is -0.143. The van der Waals surface area contributed by atoms with E-state index in [0.717, 1.165) is 44.3 Å². The maximum atomic E-state index is 13.2. The molecule has 2 N–H and O–H groups in total. The van der Waals surface area contributed by atoms with Crippen LogP contribution in [0.25, 0.3) is 0 Å². The Kier molecular flexibility index (Phi) is 8.34. The molecule has 0 amide bonds. The van der Waals surface area contributed by atoms with Crippen LogP contribution in [0.2, 0.25) is 18.1 Å². The summed E-state index contributed by atoms with van der Waals surface area (Å²) in [5.74, 6) is 1.87. The van der Waals surface area contributed by atoms with E-state index in [4.69, 9.17) is 4.43 Å². The highest BCUT2D eigenvalue weighted by molar-refractivity contribution is 8.13. The zero-order chi connectivity index (χ0) is 28.5. The van der Waals surface area contributed by atoms with Gasteiger partial charge in [0.15, 0.2) is 13.4 Å². The van der Waals surface area contributed by atoms with Crippen molar-refractivity contribution < 1.29 is 19.4 Å². The first-order valence-corrected chi connectivity index (χ1v) is 19.2. The van der Waals surface area contributed by atoms with Crippen LogP contribution in [0.4, 0.5) is 0 Å². The molecule has 0 saturated heterocycles. The van der Waals surface area contributed by atoms with Gasteiger partial charge < -0.3 is 14.6 Å². The summed E-state index contributed by atoms with van der Waals surface area (Å²) in [6.45, 7) is 22.5. The highest BCUT2D eigenvalue weighted by Crippen LogP contribution is 2.68. The average Bonchev–Trinajstić information content (AvgIpc) is 3.02. The fourth-order valence-corrected chi connectivity index (χ4v) is 11.0. The largest absolute Gasteiger partial charge is 0.414 e. The van der Waals surface area contributed by atoms with Crippen LogP contribution in [0.15, 0.2) is 11.6 Å². The predicted octanol–water partition coefficient (Wildman–Crippen LogP) is 7.59. The Labute approximate surface area is 238 Å². The molecule has 0 aromatic heterocycles. The van der Waals surface area contributed by atoms with Crippen molar-refractivity contribution in [2.45, 2.75) is 136 Å². The first kappa shape index (κ1) is 30.8. The molecule has 0 aromatic carbocycles. The second-order valence-corrected chi connectivity index (χ2v) is 21.6. The lowest BCUT2D eigenvalue weighted by Crippen LogP contribution is -2.60. The Bertz CT molecular complexity index is 940. The van der Waals surface area contributed by atoms with Crippen LogP contribution >= 0.6 is 11.8 Å². The van der Waals surface area contributed by atoms with Gasteiger partial charge in [0.1, 0.15) is 5.60 Å². The van der Waals surface area contributed by atoms with Crippen LogP contribution in [0.3, 0.4) is 0 Å². The molecule has 0 radical (unpaired) electrons. The van der Waals surface area contributed by atoms with Crippen LogP contribution in [-0.2, 0) is 9.22 Å². The van der Waals surface area contributed by atoms with Gasteiger partial charge in [0.2, 0.25) is 0 Å². The Morgan fingerprint density at radius 3 is 2.42 bits per heavy atom. The van der Waals surface area contributed by atoms with Gasteiger partial charge in [-0.25, -0.2) is 0 Å². The molecule has 0 heterocycles. The van der Waals surface area contributed by atoms with E-state index in [1.807, 2.05) is 6.92 Å². The van der Waals surface area contributed by atoms with E-state index < -0.39 is 31.4 Å². The number of aliphatic hydroxyl groups excluding tert-OH is 1. The lowest BCUT2D eigenvalue weighted by Gasteiger charge is -2.59. The first-order chi connectivity index (χ1) is 17.4. The van der Waals surface area contributed by atoms with Gasteiger partial charge in [-0.1, -0.05) is 78.8 Å². The summed E-state index contributed by atoms with van der Waals surface area (Å²) < 4.78 is 6.88. The van der Waals surface area contributed by atoms with Gasteiger partial charge in [-0.05, 0) is 92.2 Å². The van der Waals surface area contributed by atoms with Crippen molar-refractivity contribution in [3.05, 3.63) is 11.6 Å². The van der Waals surface area contributed by atoms with Crippen molar-refractivity contribution in [1.29, 1.82) is 0 Å². The third kappa shape index (κ3) is 4.84. The molecule has 4 nitrogen and oxygen atoms in total. The number of carbonyl (C=O) groups excluding carboxylic acids is 1. The molecular weight excluding hydrogens is 509 g/mol. The van der Waals surface area contributed by atoms with E-state index >= 15 is 0 Å². The Morgan fingerprint density at radius 2 is 1.82 bits per heavy atom. The van der Waals surface area contributed by atoms with E-state index in [2.05, 4.69) is 67.6 Å². The summed E-state index contributed by atoms with van der Waals surface area (Å²) in [6, 6.07) is 0. The summed E-state index contributed by atoms with van der Waals surface area (Å²) in [5.41, 5.74) is -0.0216. The summed E-state index contributed by atoms with van der Waals surface area (Å²) in [7, 11) is -1.80. The van der Waals surface area contributed by atoms with Gasteiger partial charge in [0, 0.05) is 17.3 Å². The zero-order valence-electron chi connectivity index (χ0n) is 25.9. The van der Waals surface area contributed by atoms with Crippen molar-refractivity contribution in [3.63, 3.8) is 0 Å². The molecule has 4 rings (SSSR count). The minimum Gasteiger partial charge on any atom is -0.414 e. The molecule has 4 aliphatic carbocycles. The molecule has 0 spiro atoms. The lowest BCUT2D eigenvalue weighted by molar-refractivity contribution is -0.180. The molecule has 6 heteroatoms. The van der Waals surface area contributed by atoms with Gasteiger partial charge in [-0.3, -0.25) is 4.79 Å². The minimum atomic E-state index is -1.80. The van der Waals surface area contributed by atoms with Gasteiger partial charge >= 0.3 is 0 Å². The normalized spacial score (nSPS) is 42.2. The fourth-order valence-electron chi connectivity index (χ4n) is 8.71. The number of fused-ring (bicyclic) bond motifs is 5. The number of rotatable bonds is 6. The van der Waals surface area contributed by atoms with E-state index in [1.165, 1.54) is 11.8 Å². The summed E-state index contributed by atoms with van der Waals surface area (Å²) in [6.07, 6.45) is 8.92. The molecule has 3 saturated carbocycles. The van der Waals surface area contributed by atoms with Crippen molar-refractivity contribution >= 4 is 25.2 Å². The Morgan fingerprint density at radius 1 is 1.16 bits per heavy atom. The summed E-state index contributed by atoms with van der Waals surface area (Å²) in [4.78, 5) is 13.2. The third-order valence-corrected chi connectivity index (χ3v) is 18.2. The van der Waals surface area contributed by atoms with Gasteiger partial charge in [0.25, 0.3) is 0 Å². The maximum Gasteiger partial charge on any atom is 0.194 e. The number of hydrogen-bond acceptors (Lipinski definition) is 5. The second-order valence-electron chi connectivity index (χ2n) is 15.8. The SMILES string of the molecule is CC(C)CSC(=O)[C@@H](C)[C@@]1(O)[C@H](O)C[C@H]2[C@@H]3CC=C4C[C@@H](O[Si](C)(C)C(C)(C)C)CC[C@]4(C)[C@H]3CC[C@@]21C. The molecule has 9 atom stereocenters. The molecule has 0 aliphatic heterocycles. The van der Waals surface area contributed by atoms with E-state index in [1.54, 1.807) is 5.57 Å². The van der Waals surface area contributed by atoms with E-state index in [0.29, 0.717) is 30.3 Å². The maximum absolute atomic E-state index is 13.2. The van der Waals surface area contributed by atoms with Gasteiger partial charge in [-0.2, -0.15) is 0 Å². The van der Waals surface area contributed by atoms with Crippen molar-refractivity contribution in [3.8, 4) is 0 Å². The monoisotopic (exact) mass is 564 g/mol. The molecular formula is C32H56O4SSi. The lowest BCUT2D eigenvalue weighted by atomic mass is 9.46. The van der Waals surface area contributed by atoms with Crippen LogP contribution in [0, 0.1) is 40.4 Å². The number of thioether (sulfide) groups is 1. The van der Waals surface area contributed by atoms with Gasteiger partial charge in [0.05, 0.1) is 12.0 Å². The van der Waals surface area contributed by atoms with Crippen LogP contribution < -0.4 is 0 Å². The highest BCUT2D eigenvalue weighted by Gasteiger charge is 2.69. The van der Waals surface area contributed by atoms with Crippen LogP contribution in [-0.4, -0.2) is 47.2 Å². The molecule has 0 bridgehead atoms. The van der Waals surface area contributed by atoms with E-state index in [-0.39, 0.29) is 21.5 Å². The Balaban J connectivity index is 1.55. The average molecular weight is 565 g/mol. The van der Waals surface area contributed by atoms with Crippen molar-refractivity contribution in [1.82, 2.24) is 0 Å². The molecule has 3 fully saturated rings. The standard InChI is InChI=1S/C32H56O4SSi/c1-20(2)19-37-28(34)21(3)32(35)27(33)18-26-24-12-11-22-17-23(36-38(9,10)29(4,5)6)13-15-30(22,7)25(24)14-16-31(26,32)8/h11,20-21,23-27,33,35H,12-19H2,1-10H3/t21-,23+,24-,25+,26+,27-,30+,31+,32-/m1/s1. The fraction of sp³-hybridized carbons (Fsp3) is 0.906.